The molecule has 1 aliphatic carbocycles. The molecule has 19 heavy (non-hydrogen) atoms. The lowest BCUT2D eigenvalue weighted by molar-refractivity contribution is 0.117. The van der Waals surface area contributed by atoms with Crippen LogP contribution in [0.1, 0.15) is 16.3 Å². The number of alkyl halides is 2. The molecule has 2 rings (SSSR count). The molecule has 0 bridgehead atoms. The molecule has 0 amide bonds. The summed E-state index contributed by atoms with van der Waals surface area (Å²) in [5, 5.41) is 0.876. The van der Waals surface area contributed by atoms with Crippen molar-refractivity contribution in [1.82, 2.24) is 9.29 Å². The summed E-state index contributed by atoms with van der Waals surface area (Å²) in [4.78, 5) is 4.91. The Morgan fingerprint density at radius 1 is 1.58 bits per heavy atom. The third kappa shape index (κ3) is 3.70. The first-order valence-electron chi connectivity index (χ1n) is 5.93. The molecule has 1 aromatic heterocycles. The van der Waals surface area contributed by atoms with Gasteiger partial charge in [0, 0.05) is 30.6 Å². The van der Waals surface area contributed by atoms with Gasteiger partial charge in [-0.25, -0.2) is 22.2 Å². The monoisotopic (exact) mass is 310 g/mol. The molecule has 2 atom stereocenters. The van der Waals surface area contributed by atoms with E-state index in [-0.39, 0.29) is 12.3 Å². The van der Waals surface area contributed by atoms with E-state index < -0.39 is 28.3 Å². The molecule has 8 heteroatoms. The number of halogens is 2. The average molecular weight is 310 g/mol. The summed E-state index contributed by atoms with van der Waals surface area (Å²) < 4.78 is 50.0. The Balaban J connectivity index is 1.92. The van der Waals surface area contributed by atoms with Crippen molar-refractivity contribution in [3.05, 3.63) is 16.1 Å². The third-order valence-corrected chi connectivity index (χ3v) is 6.07. The molecule has 1 heterocycles. The smallest absolute Gasteiger partial charge is 0.241 e. The van der Waals surface area contributed by atoms with Gasteiger partial charge in [-0.2, -0.15) is 4.31 Å². The minimum absolute atomic E-state index is 0.184. The molecule has 0 saturated heterocycles. The van der Waals surface area contributed by atoms with Gasteiger partial charge in [-0.15, -0.1) is 11.3 Å². The topological polar surface area (TPSA) is 50.3 Å². The van der Waals surface area contributed by atoms with Crippen LogP contribution in [0.15, 0.2) is 6.20 Å². The summed E-state index contributed by atoms with van der Waals surface area (Å²) in [5.74, 6) is -1.32. The predicted octanol–water partition coefficient (Wildman–Crippen LogP) is 2.11. The van der Waals surface area contributed by atoms with Crippen molar-refractivity contribution >= 4 is 21.4 Å². The van der Waals surface area contributed by atoms with Gasteiger partial charge in [-0.3, -0.25) is 0 Å². The van der Waals surface area contributed by atoms with Gasteiger partial charge in [-0.05, 0) is 19.3 Å². The van der Waals surface area contributed by atoms with Crippen LogP contribution in [0.4, 0.5) is 8.78 Å². The highest BCUT2D eigenvalue weighted by atomic mass is 32.2. The maximum absolute atomic E-state index is 12.4. The Morgan fingerprint density at radius 2 is 2.26 bits per heavy atom. The van der Waals surface area contributed by atoms with E-state index in [1.807, 2.05) is 6.92 Å². The van der Waals surface area contributed by atoms with E-state index in [1.54, 1.807) is 6.20 Å². The van der Waals surface area contributed by atoms with Gasteiger partial charge in [0.1, 0.15) is 0 Å². The lowest BCUT2D eigenvalue weighted by atomic mass is 10.4. The van der Waals surface area contributed by atoms with Crippen LogP contribution < -0.4 is 0 Å². The van der Waals surface area contributed by atoms with Crippen LogP contribution in [0.25, 0.3) is 0 Å². The summed E-state index contributed by atoms with van der Waals surface area (Å²) in [6.07, 6.45) is -0.454. The molecule has 0 unspecified atom stereocenters. The molecular formula is C11H16F2N2O2S2. The fraction of sp³-hybridized carbons (Fsp3) is 0.727. The zero-order chi connectivity index (χ0) is 14.2. The lowest BCUT2D eigenvalue weighted by Gasteiger charge is -2.16. The normalized spacial score (nSPS) is 23.3. The van der Waals surface area contributed by atoms with Crippen molar-refractivity contribution in [3.63, 3.8) is 0 Å². The molecule has 0 radical (unpaired) electrons. The van der Waals surface area contributed by atoms with Gasteiger partial charge in [0.05, 0.1) is 10.8 Å². The maximum atomic E-state index is 12.4. The fourth-order valence-corrected chi connectivity index (χ4v) is 4.41. The number of sulfonamides is 1. The number of thiazole rings is 1. The summed E-state index contributed by atoms with van der Waals surface area (Å²) in [5.41, 5.74) is 0. The molecule has 1 fully saturated rings. The Morgan fingerprint density at radius 3 is 2.74 bits per heavy atom. The lowest BCUT2D eigenvalue weighted by Crippen LogP contribution is -2.29. The average Bonchev–Trinajstić information content (AvgIpc) is 2.93. The highest BCUT2D eigenvalue weighted by Gasteiger charge is 2.46. The van der Waals surface area contributed by atoms with Crippen LogP contribution >= 0.6 is 11.3 Å². The highest BCUT2D eigenvalue weighted by Crippen LogP contribution is 2.44. The first kappa shape index (κ1) is 14.8. The second-order valence-electron chi connectivity index (χ2n) is 4.87. The minimum atomic E-state index is -3.47. The Labute approximate surface area is 115 Å². The van der Waals surface area contributed by atoms with E-state index in [1.165, 1.54) is 22.7 Å². The summed E-state index contributed by atoms with van der Waals surface area (Å²) >= 11 is 1.43. The van der Waals surface area contributed by atoms with Gasteiger partial charge in [0.25, 0.3) is 0 Å². The van der Waals surface area contributed by atoms with Crippen molar-refractivity contribution in [1.29, 1.82) is 0 Å². The minimum Gasteiger partial charge on any atom is -0.250 e. The van der Waals surface area contributed by atoms with Crippen LogP contribution in [0, 0.1) is 18.8 Å². The van der Waals surface area contributed by atoms with E-state index in [2.05, 4.69) is 4.98 Å². The number of nitrogens with zero attached hydrogens (tertiary/aromatic N) is 2. The van der Waals surface area contributed by atoms with Crippen LogP contribution in [-0.4, -0.2) is 36.9 Å². The first-order chi connectivity index (χ1) is 8.79. The standard InChI is InChI=1S/C11H16F2N2O2S2/c1-7-14-4-9(18-7)5-15(2)19(16,17)6-8-3-10(8)11(12)13/h4,8,10-11H,3,5-6H2,1-2H3/t8-,10+/m0/s1. The maximum Gasteiger partial charge on any atom is 0.241 e. The van der Waals surface area contributed by atoms with Crippen LogP contribution in [0.2, 0.25) is 0 Å². The van der Waals surface area contributed by atoms with Crippen molar-refractivity contribution in [2.24, 2.45) is 11.8 Å². The SMILES string of the molecule is Cc1ncc(CN(C)S(=O)(=O)C[C@@H]2C[C@H]2C(F)F)s1. The molecule has 0 spiro atoms. The number of aromatic nitrogens is 1. The Hall–Kier alpha value is -0.600. The molecule has 1 aliphatic rings. The molecular weight excluding hydrogens is 294 g/mol. The quantitative estimate of drug-likeness (QED) is 0.808. The molecule has 4 nitrogen and oxygen atoms in total. The van der Waals surface area contributed by atoms with Crippen molar-refractivity contribution < 1.29 is 17.2 Å². The van der Waals surface area contributed by atoms with E-state index >= 15 is 0 Å². The van der Waals surface area contributed by atoms with Gasteiger partial charge in [0.15, 0.2) is 0 Å². The highest BCUT2D eigenvalue weighted by molar-refractivity contribution is 7.89. The molecule has 0 aliphatic heterocycles. The molecule has 0 aromatic carbocycles. The van der Waals surface area contributed by atoms with Crippen molar-refractivity contribution in [3.8, 4) is 0 Å². The Kier molecular flexibility index (Phi) is 4.22. The summed E-state index contributed by atoms with van der Waals surface area (Å²) in [7, 11) is -2.00. The number of hydrogen-bond acceptors (Lipinski definition) is 4. The van der Waals surface area contributed by atoms with Gasteiger partial charge >= 0.3 is 0 Å². The van der Waals surface area contributed by atoms with Crippen LogP contribution in [-0.2, 0) is 16.6 Å². The van der Waals surface area contributed by atoms with E-state index in [4.69, 9.17) is 0 Å². The van der Waals surface area contributed by atoms with Crippen molar-refractivity contribution in [2.45, 2.75) is 26.3 Å². The fourth-order valence-electron chi connectivity index (χ4n) is 1.97. The second kappa shape index (κ2) is 5.41. The predicted molar refractivity (Wildman–Crippen MR) is 69.7 cm³/mol. The van der Waals surface area contributed by atoms with E-state index in [0.717, 1.165) is 9.88 Å². The van der Waals surface area contributed by atoms with Gasteiger partial charge in [-0.1, -0.05) is 0 Å². The molecule has 1 saturated carbocycles. The van der Waals surface area contributed by atoms with Crippen LogP contribution in [0.3, 0.4) is 0 Å². The number of hydrogen-bond donors (Lipinski definition) is 0. The van der Waals surface area contributed by atoms with E-state index in [9.17, 15) is 17.2 Å². The number of rotatable bonds is 6. The molecule has 1 aromatic rings. The van der Waals surface area contributed by atoms with E-state index in [0.29, 0.717) is 6.42 Å². The summed E-state index contributed by atoms with van der Waals surface area (Å²) in [6, 6.07) is 0. The zero-order valence-corrected chi connectivity index (χ0v) is 12.3. The molecule has 108 valence electrons. The largest absolute Gasteiger partial charge is 0.250 e. The van der Waals surface area contributed by atoms with Gasteiger partial charge in [0.2, 0.25) is 16.4 Å². The molecule has 0 N–H and O–H groups in total. The zero-order valence-electron chi connectivity index (χ0n) is 10.7. The Bertz CT molecular complexity index is 545. The van der Waals surface area contributed by atoms with Crippen molar-refractivity contribution in [2.75, 3.05) is 12.8 Å². The first-order valence-corrected chi connectivity index (χ1v) is 8.35. The second-order valence-corrected chi connectivity index (χ2v) is 8.31. The third-order valence-electron chi connectivity index (χ3n) is 3.25. The van der Waals surface area contributed by atoms with Gasteiger partial charge < -0.3 is 0 Å². The summed E-state index contributed by atoms with van der Waals surface area (Å²) in [6.45, 7) is 2.10. The number of aryl methyl sites for hydroxylation is 1. The van der Waals surface area contributed by atoms with Crippen LogP contribution in [0.5, 0.6) is 0 Å².